The Hall–Kier alpha value is -3.15. The number of aliphatic hydroxyl groups excluding tert-OH is 1. The van der Waals surface area contributed by atoms with Gasteiger partial charge < -0.3 is 14.7 Å². The van der Waals surface area contributed by atoms with Crippen molar-refractivity contribution in [2.45, 2.75) is 39.5 Å². The number of halogens is 1. The molecule has 1 N–H and O–H groups in total. The number of aliphatic hydroxyl groups is 1. The molecule has 204 valence electrons. The Labute approximate surface area is 216 Å². The molecule has 11 heteroatoms. The van der Waals surface area contributed by atoms with E-state index in [1.54, 1.807) is 12.1 Å². The maximum absolute atomic E-state index is 12.5. The molecule has 4 rings (SSSR count). The van der Waals surface area contributed by atoms with Gasteiger partial charge in [0.25, 0.3) is 11.4 Å². The van der Waals surface area contributed by atoms with E-state index in [1.807, 2.05) is 6.92 Å². The number of nitrogens with zero attached hydrogens (tertiary/aromatic N) is 4. The highest BCUT2D eigenvalue weighted by Gasteiger charge is 2.12. The number of nitro groups is 2. The molecular weight excluding hydrogens is 483 g/mol. The predicted molar refractivity (Wildman–Crippen MR) is 140 cm³/mol. The monoisotopic (exact) mass is 520 g/mol. The maximum Gasteiger partial charge on any atom is 0.269 e. The van der Waals surface area contributed by atoms with Crippen molar-refractivity contribution in [3.05, 3.63) is 73.6 Å². The van der Waals surface area contributed by atoms with Crippen molar-refractivity contribution < 1.29 is 24.1 Å². The van der Waals surface area contributed by atoms with Gasteiger partial charge in [0.1, 0.15) is 18.2 Å². The van der Waals surface area contributed by atoms with E-state index in [9.17, 15) is 24.6 Å². The third-order valence-corrected chi connectivity index (χ3v) is 6.20. The van der Waals surface area contributed by atoms with Crippen molar-refractivity contribution in [2.75, 3.05) is 52.5 Å². The SMILES string of the molecule is Cc1cc([N+](=O)[O-])ccc1F.Cc1cc([N+](=O)[O-])ccc1OCCN1CCCC1.OCCN1CCCC1. The fourth-order valence-electron chi connectivity index (χ4n) is 4.09. The second-order valence-corrected chi connectivity index (χ2v) is 9.07. The van der Waals surface area contributed by atoms with Crippen LogP contribution in [0.2, 0.25) is 0 Å². The van der Waals surface area contributed by atoms with E-state index in [1.165, 1.54) is 57.8 Å². The van der Waals surface area contributed by atoms with Crippen LogP contribution in [0.25, 0.3) is 0 Å². The molecule has 10 nitrogen and oxygen atoms in total. The first-order valence-electron chi connectivity index (χ1n) is 12.5. The highest BCUT2D eigenvalue weighted by molar-refractivity contribution is 5.42. The van der Waals surface area contributed by atoms with Crippen LogP contribution in [-0.2, 0) is 0 Å². The van der Waals surface area contributed by atoms with Gasteiger partial charge in [-0.05, 0) is 89.0 Å². The number of nitro benzene ring substituents is 2. The lowest BCUT2D eigenvalue weighted by molar-refractivity contribution is -0.385. The smallest absolute Gasteiger partial charge is 0.269 e. The summed E-state index contributed by atoms with van der Waals surface area (Å²) in [5.41, 5.74) is 1.13. The lowest BCUT2D eigenvalue weighted by Crippen LogP contribution is -2.25. The number of hydrogen-bond donors (Lipinski definition) is 1. The molecule has 2 aliphatic rings. The molecule has 2 aromatic rings. The predicted octanol–water partition coefficient (Wildman–Crippen LogP) is 4.49. The molecule has 2 aromatic carbocycles. The van der Waals surface area contributed by atoms with E-state index in [4.69, 9.17) is 9.84 Å². The standard InChI is InChI=1S/C13H18N2O3.C7H6FNO2.C6H13NO/c1-11-10-12(15(16)17)4-5-13(11)18-9-8-14-6-2-3-7-14;1-5-4-6(9(10)11)2-3-7(5)8;8-6-5-7-3-1-2-4-7/h4-5,10H,2-3,6-9H2,1H3;2-4H,1H3;8H,1-6H2. The molecular formula is C26H37FN4O6. The van der Waals surface area contributed by atoms with E-state index >= 15 is 0 Å². The molecule has 2 heterocycles. The molecule has 37 heavy (non-hydrogen) atoms. The van der Waals surface area contributed by atoms with Crippen molar-refractivity contribution in [1.82, 2.24) is 9.80 Å². The summed E-state index contributed by atoms with van der Waals surface area (Å²) in [5, 5.41) is 29.2. The summed E-state index contributed by atoms with van der Waals surface area (Å²) < 4.78 is 18.2. The van der Waals surface area contributed by atoms with Gasteiger partial charge in [-0.25, -0.2) is 4.39 Å². The third kappa shape index (κ3) is 10.8. The Morgan fingerprint density at radius 1 is 0.838 bits per heavy atom. The topological polar surface area (TPSA) is 122 Å². The van der Waals surface area contributed by atoms with Crippen molar-refractivity contribution in [3.63, 3.8) is 0 Å². The Morgan fingerprint density at radius 2 is 1.32 bits per heavy atom. The van der Waals surface area contributed by atoms with Crippen LogP contribution in [0.1, 0.15) is 36.8 Å². The Morgan fingerprint density at radius 3 is 1.78 bits per heavy atom. The van der Waals surface area contributed by atoms with Gasteiger partial charge in [0.05, 0.1) is 16.5 Å². The summed E-state index contributed by atoms with van der Waals surface area (Å²) in [6.07, 6.45) is 5.19. The minimum absolute atomic E-state index is 0.0797. The molecule has 0 unspecified atom stereocenters. The van der Waals surface area contributed by atoms with Crippen LogP contribution >= 0.6 is 0 Å². The number of rotatable bonds is 8. The normalized spacial score (nSPS) is 15.4. The average molecular weight is 521 g/mol. The van der Waals surface area contributed by atoms with Crippen LogP contribution in [0.3, 0.4) is 0 Å². The Balaban J connectivity index is 0.000000215. The number of aryl methyl sites for hydroxylation is 2. The quantitative estimate of drug-likeness (QED) is 0.399. The van der Waals surface area contributed by atoms with Crippen molar-refractivity contribution in [2.24, 2.45) is 0 Å². The minimum atomic E-state index is -0.549. The molecule has 0 atom stereocenters. The van der Waals surface area contributed by atoms with Crippen LogP contribution < -0.4 is 4.74 Å². The summed E-state index contributed by atoms with van der Waals surface area (Å²) in [5.74, 6) is 0.315. The van der Waals surface area contributed by atoms with Gasteiger partial charge >= 0.3 is 0 Å². The first-order valence-corrected chi connectivity index (χ1v) is 12.5. The first-order chi connectivity index (χ1) is 17.7. The summed E-state index contributed by atoms with van der Waals surface area (Å²) in [6.45, 7) is 10.8. The van der Waals surface area contributed by atoms with Crippen LogP contribution in [0.15, 0.2) is 36.4 Å². The van der Waals surface area contributed by atoms with Gasteiger partial charge in [-0.1, -0.05) is 0 Å². The van der Waals surface area contributed by atoms with Crippen LogP contribution in [0, 0.1) is 39.9 Å². The molecule has 2 fully saturated rings. The summed E-state index contributed by atoms with van der Waals surface area (Å²) in [4.78, 5) is 24.5. The molecule has 2 aliphatic heterocycles. The zero-order chi connectivity index (χ0) is 27.2. The summed E-state index contributed by atoms with van der Waals surface area (Å²) in [6, 6.07) is 8.14. The molecule has 0 amide bonds. The number of likely N-dealkylation sites (tertiary alicyclic amines) is 2. The number of benzene rings is 2. The average Bonchev–Trinajstić information content (AvgIpc) is 3.57. The van der Waals surface area contributed by atoms with Crippen LogP contribution in [0.5, 0.6) is 5.75 Å². The van der Waals surface area contributed by atoms with Crippen molar-refractivity contribution >= 4 is 11.4 Å². The van der Waals surface area contributed by atoms with E-state index in [-0.39, 0.29) is 16.3 Å². The first kappa shape index (κ1) is 30.1. The fourth-order valence-corrected chi connectivity index (χ4v) is 4.09. The largest absolute Gasteiger partial charge is 0.492 e. The fraction of sp³-hybridized carbons (Fsp3) is 0.538. The van der Waals surface area contributed by atoms with Gasteiger partial charge in [-0.15, -0.1) is 0 Å². The third-order valence-electron chi connectivity index (χ3n) is 6.20. The lowest BCUT2D eigenvalue weighted by Gasteiger charge is -2.15. The zero-order valence-electron chi connectivity index (χ0n) is 21.6. The van der Waals surface area contributed by atoms with E-state index in [2.05, 4.69) is 9.80 Å². The highest BCUT2D eigenvalue weighted by Crippen LogP contribution is 2.23. The van der Waals surface area contributed by atoms with Crippen LogP contribution in [-0.4, -0.2) is 77.2 Å². The zero-order valence-corrected chi connectivity index (χ0v) is 21.6. The van der Waals surface area contributed by atoms with Gasteiger partial charge in [0.15, 0.2) is 0 Å². The van der Waals surface area contributed by atoms with E-state index < -0.39 is 10.7 Å². The molecule has 0 bridgehead atoms. The molecule has 0 saturated carbocycles. The van der Waals surface area contributed by atoms with Gasteiger partial charge in [-0.2, -0.15) is 0 Å². The number of β-amino-alcohol motifs (C(OH)–C–C–N with tert-alkyl or cyclic N) is 1. The van der Waals surface area contributed by atoms with Gasteiger partial charge in [0, 0.05) is 37.4 Å². The summed E-state index contributed by atoms with van der Waals surface area (Å²) >= 11 is 0. The Kier molecular flexibility index (Phi) is 12.9. The van der Waals surface area contributed by atoms with Crippen molar-refractivity contribution in [3.8, 4) is 5.75 Å². The van der Waals surface area contributed by atoms with E-state index in [0.29, 0.717) is 18.8 Å². The minimum Gasteiger partial charge on any atom is -0.492 e. The second kappa shape index (κ2) is 15.9. The van der Waals surface area contributed by atoms with Gasteiger partial charge in [-0.3, -0.25) is 25.1 Å². The molecule has 2 saturated heterocycles. The van der Waals surface area contributed by atoms with Crippen molar-refractivity contribution in [1.29, 1.82) is 0 Å². The number of ether oxygens (including phenoxy) is 1. The number of non-ortho nitro benzene ring substituents is 2. The summed E-state index contributed by atoms with van der Waals surface area (Å²) in [7, 11) is 0. The van der Waals surface area contributed by atoms with Gasteiger partial charge in [0.2, 0.25) is 0 Å². The van der Waals surface area contributed by atoms with E-state index in [0.717, 1.165) is 49.6 Å². The molecule has 0 aliphatic carbocycles. The molecule has 0 aromatic heterocycles. The highest BCUT2D eigenvalue weighted by atomic mass is 19.1. The number of hydrogen-bond acceptors (Lipinski definition) is 8. The Bertz CT molecular complexity index is 1010. The molecule has 0 radical (unpaired) electrons. The van der Waals surface area contributed by atoms with Crippen LogP contribution in [0.4, 0.5) is 15.8 Å². The second-order valence-electron chi connectivity index (χ2n) is 9.07. The maximum atomic E-state index is 12.5. The molecule has 0 spiro atoms. The lowest BCUT2D eigenvalue weighted by atomic mass is 10.2.